The molecule has 0 aliphatic heterocycles. The standard InChI is InChI=1S/C16H29NO5.2Na.2H/c1-2-3-4-5-6-7-8-9-10-11-14(18)17-13(16(21)22)12-15(19)20;;;;/h13H,2-12H2,1H3,(H,17,18)(H,19,20)(H,21,22);;;;. The summed E-state index contributed by atoms with van der Waals surface area (Å²) in [6.07, 6.45) is 9.87. The summed E-state index contributed by atoms with van der Waals surface area (Å²) in [6, 6.07) is -1.34. The van der Waals surface area contributed by atoms with Crippen LogP contribution >= 0.6 is 0 Å². The number of nitrogens with one attached hydrogen (secondary N) is 1. The Balaban J connectivity index is -0.00000220. The SMILES string of the molecule is CCCCCCCCCCCC(=O)NC(CC(=O)O)C(=O)O.[NaH].[NaH]. The Kier molecular flexibility index (Phi) is 24.0. The van der Waals surface area contributed by atoms with Gasteiger partial charge in [0.15, 0.2) is 0 Å². The molecule has 0 aromatic rings. The van der Waals surface area contributed by atoms with E-state index in [0.29, 0.717) is 6.42 Å². The van der Waals surface area contributed by atoms with Gasteiger partial charge in [0.05, 0.1) is 6.42 Å². The number of carboxylic acids is 2. The van der Waals surface area contributed by atoms with E-state index in [4.69, 9.17) is 10.2 Å². The maximum atomic E-state index is 11.6. The van der Waals surface area contributed by atoms with E-state index in [1.165, 1.54) is 38.5 Å². The van der Waals surface area contributed by atoms with E-state index in [-0.39, 0.29) is 65.5 Å². The molecule has 1 unspecified atom stereocenters. The molecule has 0 rings (SSSR count). The van der Waals surface area contributed by atoms with Crippen molar-refractivity contribution in [1.29, 1.82) is 0 Å². The Hall–Kier alpha value is 0.410. The molecule has 6 nitrogen and oxygen atoms in total. The van der Waals surface area contributed by atoms with Gasteiger partial charge in [-0.15, -0.1) is 0 Å². The Morgan fingerprint density at radius 2 is 1.29 bits per heavy atom. The number of hydrogen-bond donors (Lipinski definition) is 3. The number of unbranched alkanes of at least 4 members (excludes halogenated alkanes) is 8. The molecule has 0 saturated heterocycles. The van der Waals surface area contributed by atoms with E-state index in [0.717, 1.165) is 12.8 Å². The van der Waals surface area contributed by atoms with Gasteiger partial charge in [0, 0.05) is 6.42 Å². The summed E-state index contributed by atoms with van der Waals surface area (Å²) < 4.78 is 0. The van der Waals surface area contributed by atoms with Gasteiger partial charge in [-0.05, 0) is 6.42 Å². The van der Waals surface area contributed by atoms with Crippen LogP contribution in [0.25, 0.3) is 0 Å². The van der Waals surface area contributed by atoms with Crippen LogP contribution in [-0.2, 0) is 14.4 Å². The zero-order valence-electron chi connectivity index (χ0n) is 13.5. The van der Waals surface area contributed by atoms with Crippen molar-refractivity contribution >= 4 is 77.0 Å². The van der Waals surface area contributed by atoms with Crippen LogP contribution in [0.3, 0.4) is 0 Å². The van der Waals surface area contributed by atoms with Gasteiger partial charge in [0.25, 0.3) is 0 Å². The third-order valence-corrected chi connectivity index (χ3v) is 3.52. The van der Waals surface area contributed by atoms with Gasteiger partial charge in [-0.3, -0.25) is 9.59 Å². The Bertz CT molecular complexity index is 353. The molecule has 24 heavy (non-hydrogen) atoms. The van der Waals surface area contributed by atoms with E-state index in [9.17, 15) is 14.4 Å². The fraction of sp³-hybridized carbons (Fsp3) is 0.812. The molecule has 0 radical (unpaired) electrons. The average Bonchev–Trinajstić information content (AvgIpc) is 2.44. The first-order valence-electron chi connectivity index (χ1n) is 8.21. The molecule has 0 aromatic carbocycles. The number of aliphatic carboxylic acids is 2. The van der Waals surface area contributed by atoms with Gasteiger partial charge in [-0.2, -0.15) is 0 Å². The van der Waals surface area contributed by atoms with Gasteiger partial charge in [-0.25, -0.2) is 4.79 Å². The van der Waals surface area contributed by atoms with Crippen molar-refractivity contribution < 1.29 is 24.6 Å². The molecule has 0 fully saturated rings. The normalized spacial score (nSPS) is 10.9. The van der Waals surface area contributed by atoms with Crippen molar-refractivity contribution in [2.75, 3.05) is 0 Å². The average molecular weight is 363 g/mol. The van der Waals surface area contributed by atoms with E-state index >= 15 is 0 Å². The second-order valence-corrected chi connectivity index (χ2v) is 5.63. The van der Waals surface area contributed by atoms with Crippen LogP contribution < -0.4 is 5.32 Å². The third kappa shape index (κ3) is 18.7. The summed E-state index contributed by atoms with van der Waals surface area (Å²) >= 11 is 0. The molecule has 0 heterocycles. The van der Waals surface area contributed by atoms with Gasteiger partial charge in [0.1, 0.15) is 6.04 Å². The molecule has 1 atom stereocenters. The minimum absolute atomic E-state index is 0. The molecular weight excluding hydrogens is 332 g/mol. The number of amides is 1. The molecule has 1 amide bonds. The molecule has 0 aliphatic carbocycles. The Morgan fingerprint density at radius 1 is 0.833 bits per heavy atom. The second-order valence-electron chi connectivity index (χ2n) is 5.63. The first-order chi connectivity index (χ1) is 10.5. The maximum absolute atomic E-state index is 11.6. The summed E-state index contributed by atoms with van der Waals surface area (Å²) in [7, 11) is 0. The van der Waals surface area contributed by atoms with Crippen LogP contribution in [0, 0.1) is 0 Å². The molecule has 0 bridgehead atoms. The molecule has 132 valence electrons. The van der Waals surface area contributed by atoms with E-state index < -0.39 is 30.3 Å². The fourth-order valence-corrected chi connectivity index (χ4v) is 2.24. The fourth-order valence-electron chi connectivity index (χ4n) is 2.24. The van der Waals surface area contributed by atoms with E-state index in [1.54, 1.807) is 0 Å². The van der Waals surface area contributed by atoms with Crippen molar-refractivity contribution in [3.8, 4) is 0 Å². The van der Waals surface area contributed by atoms with Crippen molar-refractivity contribution in [2.45, 2.75) is 83.6 Å². The molecule has 0 saturated carbocycles. The molecule has 8 heteroatoms. The number of rotatable bonds is 14. The molecular formula is C16H31NNa2O5. The second kappa shape index (κ2) is 19.7. The molecule has 0 aromatic heterocycles. The number of carboxylic acid groups (broad SMARTS) is 2. The van der Waals surface area contributed by atoms with Crippen LogP contribution in [0.1, 0.15) is 77.6 Å². The van der Waals surface area contributed by atoms with Crippen molar-refractivity contribution in [3.63, 3.8) is 0 Å². The Labute approximate surface area is 189 Å². The van der Waals surface area contributed by atoms with Crippen molar-refractivity contribution in [3.05, 3.63) is 0 Å². The topological polar surface area (TPSA) is 104 Å². The molecule has 0 aliphatic rings. The van der Waals surface area contributed by atoms with Crippen LogP contribution in [0.2, 0.25) is 0 Å². The molecule has 0 spiro atoms. The minimum atomic E-state index is -1.34. The van der Waals surface area contributed by atoms with Gasteiger partial charge >= 0.3 is 71.1 Å². The van der Waals surface area contributed by atoms with Gasteiger partial charge in [0.2, 0.25) is 5.91 Å². The number of carbonyl (C=O) groups excluding carboxylic acids is 1. The summed E-state index contributed by atoms with van der Waals surface area (Å²) in [4.78, 5) is 32.9. The van der Waals surface area contributed by atoms with Crippen molar-refractivity contribution in [2.24, 2.45) is 0 Å². The third-order valence-electron chi connectivity index (χ3n) is 3.52. The summed E-state index contributed by atoms with van der Waals surface area (Å²) in [5.74, 6) is -2.95. The summed E-state index contributed by atoms with van der Waals surface area (Å²) in [5.41, 5.74) is 0. The van der Waals surface area contributed by atoms with Gasteiger partial charge in [-0.1, -0.05) is 58.3 Å². The first-order valence-corrected chi connectivity index (χ1v) is 8.21. The molecule has 3 N–H and O–H groups in total. The number of hydrogen-bond acceptors (Lipinski definition) is 3. The number of carbonyl (C=O) groups is 3. The zero-order valence-corrected chi connectivity index (χ0v) is 13.5. The monoisotopic (exact) mass is 363 g/mol. The first kappa shape index (κ1) is 29.2. The summed E-state index contributed by atoms with van der Waals surface area (Å²) in [6.45, 7) is 2.19. The van der Waals surface area contributed by atoms with Crippen LogP contribution in [0.4, 0.5) is 0 Å². The zero-order chi connectivity index (χ0) is 16.8. The quantitative estimate of drug-likeness (QED) is 0.322. The van der Waals surface area contributed by atoms with Crippen LogP contribution in [-0.4, -0.2) is 93.2 Å². The van der Waals surface area contributed by atoms with Gasteiger partial charge < -0.3 is 15.5 Å². The van der Waals surface area contributed by atoms with Crippen molar-refractivity contribution in [1.82, 2.24) is 5.32 Å². The Morgan fingerprint density at radius 3 is 1.71 bits per heavy atom. The predicted octanol–water partition coefficient (Wildman–Crippen LogP) is 1.65. The van der Waals surface area contributed by atoms with E-state index in [1.807, 2.05) is 0 Å². The van der Waals surface area contributed by atoms with Crippen LogP contribution in [0.15, 0.2) is 0 Å². The summed E-state index contributed by atoms with van der Waals surface area (Å²) in [5, 5.41) is 19.7. The van der Waals surface area contributed by atoms with E-state index in [2.05, 4.69) is 12.2 Å². The van der Waals surface area contributed by atoms with Crippen LogP contribution in [0.5, 0.6) is 0 Å². The predicted molar refractivity (Wildman–Crippen MR) is 98.0 cm³/mol.